The predicted octanol–water partition coefficient (Wildman–Crippen LogP) is 1.29. The van der Waals surface area contributed by atoms with Gasteiger partial charge in [-0.1, -0.05) is 30.3 Å². The third-order valence-electron chi connectivity index (χ3n) is 4.22. The fourth-order valence-corrected chi connectivity index (χ4v) is 3.02. The van der Waals surface area contributed by atoms with Gasteiger partial charge in [-0.05, 0) is 0 Å². The lowest BCUT2D eigenvalue weighted by Crippen LogP contribution is -2.65. The standard InChI is InChI=1S/C14H17NO5/c1-14(12(17)18)7-11(16)9-15(14,13(19)20)8-10-5-3-2-4-6-10/h2-6,11,16H,7-9H2,1H3,(H-,17,18,19,20)/p+1/t11-,14-,15?/m1/s1. The number of likely N-dealkylation sites (tertiary alicyclic amines) is 1. The van der Waals surface area contributed by atoms with Crippen LogP contribution in [0.3, 0.4) is 0 Å². The van der Waals surface area contributed by atoms with Crippen LogP contribution in [-0.4, -0.2) is 50.1 Å². The molecular formula is C14H18NO5+. The van der Waals surface area contributed by atoms with E-state index in [2.05, 4.69) is 0 Å². The summed E-state index contributed by atoms with van der Waals surface area (Å²) in [5.41, 5.74) is -0.808. The van der Waals surface area contributed by atoms with Crippen LogP contribution in [0.1, 0.15) is 18.9 Å². The molecule has 1 fully saturated rings. The van der Waals surface area contributed by atoms with E-state index < -0.39 is 28.2 Å². The lowest BCUT2D eigenvalue weighted by atomic mass is 9.95. The fourth-order valence-electron chi connectivity index (χ4n) is 3.02. The van der Waals surface area contributed by atoms with Gasteiger partial charge in [0.2, 0.25) is 5.54 Å². The molecule has 0 aromatic heterocycles. The van der Waals surface area contributed by atoms with Crippen LogP contribution in [0.15, 0.2) is 30.3 Å². The summed E-state index contributed by atoms with van der Waals surface area (Å²) in [6, 6.07) is 8.88. The normalized spacial score (nSPS) is 33.0. The molecule has 6 nitrogen and oxygen atoms in total. The van der Waals surface area contributed by atoms with Crippen molar-refractivity contribution in [3.05, 3.63) is 35.9 Å². The highest BCUT2D eigenvalue weighted by atomic mass is 16.4. The number of quaternary nitrogens is 1. The van der Waals surface area contributed by atoms with E-state index in [1.807, 2.05) is 6.07 Å². The average Bonchev–Trinajstić information content (AvgIpc) is 2.64. The summed E-state index contributed by atoms with van der Waals surface area (Å²) in [7, 11) is 0. The zero-order chi connectivity index (χ0) is 15.0. The second-order valence-electron chi connectivity index (χ2n) is 5.51. The van der Waals surface area contributed by atoms with Gasteiger partial charge in [-0.25, -0.2) is 9.28 Å². The molecule has 2 rings (SSSR count). The van der Waals surface area contributed by atoms with E-state index >= 15 is 0 Å². The number of carboxylic acid groups (broad SMARTS) is 2. The maximum absolute atomic E-state index is 11.8. The van der Waals surface area contributed by atoms with Crippen molar-refractivity contribution in [3.63, 3.8) is 0 Å². The Morgan fingerprint density at radius 1 is 1.30 bits per heavy atom. The van der Waals surface area contributed by atoms with Crippen LogP contribution in [0.2, 0.25) is 0 Å². The number of nitrogens with zero attached hydrogens (tertiary/aromatic N) is 1. The number of carbonyl (C=O) groups is 2. The van der Waals surface area contributed by atoms with Gasteiger partial charge in [0.15, 0.2) is 0 Å². The van der Waals surface area contributed by atoms with E-state index in [1.165, 1.54) is 6.92 Å². The van der Waals surface area contributed by atoms with Gasteiger partial charge in [-0.2, -0.15) is 4.79 Å². The first kappa shape index (κ1) is 14.5. The Bertz CT molecular complexity index is 532. The third kappa shape index (κ3) is 2.07. The van der Waals surface area contributed by atoms with Crippen molar-refractivity contribution >= 4 is 12.1 Å². The molecule has 3 N–H and O–H groups in total. The van der Waals surface area contributed by atoms with Gasteiger partial charge in [0.05, 0.1) is 0 Å². The first-order chi connectivity index (χ1) is 9.32. The zero-order valence-corrected chi connectivity index (χ0v) is 11.2. The molecule has 108 valence electrons. The fraction of sp³-hybridized carbons (Fsp3) is 0.429. The number of carboxylic acids is 1. The highest BCUT2D eigenvalue weighted by Gasteiger charge is 2.65. The number of aliphatic hydroxyl groups excluding tert-OH is 1. The topological polar surface area (TPSA) is 94.8 Å². The molecule has 1 aromatic carbocycles. The molecule has 1 aliphatic rings. The van der Waals surface area contributed by atoms with Crippen molar-refractivity contribution < 1.29 is 29.4 Å². The number of aliphatic hydroxyl groups is 1. The molecule has 0 spiro atoms. The quantitative estimate of drug-likeness (QED) is 0.725. The smallest absolute Gasteiger partial charge is 0.477 e. The molecule has 1 unspecified atom stereocenters. The number of benzene rings is 1. The molecule has 0 saturated carbocycles. The number of amides is 1. The van der Waals surface area contributed by atoms with Gasteiger partial charge < -0.3 is 15.3 Å². The minimum absolute atomic E-state index is 0.0377. The molecule has 1 amide bonds. The van der Waals surface area contributed by atoms with Gasteiger partial charge in [0.25, 0.3) is 0 Å². The van der Waals surface area contributed by atoms with E-state index in [0.717, 1.165) is 5.56 Å². The Kier molecular flexibility index (Phi) is 3.54. The molecule has 6 heteroatoms. The van der Waals surface area contributed by atoms with Crippen LogP contribution in [0, 0.1) is 0 Å². The molecule has 1 aromatic rings. The summed E-state index contributed by atoms with van der Waals surface area (Å²) < 4.78 is -0.687. The van der Waals surface area contributed by atoms with Crippen LogP contribution in [0.25, 0.3) is 0 Å². The molecule has 1 saturated heterocycles. The molecule has 1 heterocycles. The third-order valence-corrected chi connectivity index (χ3v) is 4.22. The Morgan fingerprint density at radius 2 is 1.90 bits per heavy atom. The summed E-state index contributed by atoms with van der Waals surface area (Å²) in [5.74, 6) is -1.20. The van der Waals surface area contributed by atoms with E-state index in [0.29, 0.717) is 0 Å². The van der Waals surface area contributed by atoms with Gasteiger partial charge in [0, 0.05) is 18.9 Å². The number of hydrogen-bond donors (Lipinski definition) is 3. The van der Waals surface area contributed by atoms with Crippen LogP contribution < -0.4 is 0 Å². The van der Waals surface area contributed by atoms with Crippen molar-refractivity contribution in [2.24, 2.45) is 0 Å². The van der Waals surface area contributed by atoms with E-state index in [-0.39, 0.29) is 19.5 Å². The van der Waals surface area contributed by atoms with Gasteiger partial charge in [-0.3, -0.25) is 0 Å². The summed E-state index contributed by atoms with van der Waals surface area (Å²) in [5, 5.41) is 28.9. The molecule has 20 heavy (non-hydrogen) atoms. The first-order valence-electron chi connectivity index (χ1n) is 6.38. The van der Waals surface area contributed by atoms with E-state index in [4.69, 9.17) is 0 Å². The predicted molar refractivity (Wildman–Crippen MR) is 70.0 cm³/mol. The number of aliphatic carboxylic acids is 1. The maximum Gasteiger partial charge on any atom is 0.514 e. The summed E-state index contributed by atoms with van der Waals surface area (Å²) in [6.07, 6.45) is -2.23. The molecule has 0 aliphatic carbocycles. The highest BCUT2D eigenvalue weighted by Crippen LogP contribution is 2.39. The average molecular weight is 280 g/mol. The van der Waals surface area contributed by atoms with Crippen LogP contribution >= 0.6 is 0 Å². The highest BCUT2D eigenvalue weighted by molar-refractivity contribution is 5.80. The van der Waals surface area contributed by atoms with Crippen LogP contribution in [0.4, 0.5) is 4.79 Å². The second-order valence-corrected chi connectivity index (χ2v) is 5.51. The van der Waals surface area contributed by atoms with Crippen LogP contribution in [-0.2, 0) is 11.3 Å². The Balaban J connectivity index is 2.48. The first-order valence-corrected chi connectivity index (χ1v) is 6.38. The zero-order valence-electron chi connectivity index (χ0n) is 11.2. The number of hydrogen-bond acceptors (Lipinski definition) is 3. The number of rotatable bonds is 3. The second kappa shape index (κ2) is 4.88. The lowest BCUT2D eigenvalue weighted by molar-refractivity contribution is -0.898. The SMILES string of the molecule is C[C@]1(C(=O)O)C[C@@H](O)C[N+]1(Cc1ccccc1)C(=O)O. The minimum Gasteiger partial charge on any atom is -0.477 e. The lowest BCUT2D eigenvalue weighted by Gasteiger charge is -2.38. The molecule has 3 atom stereocenters. The van der Waals surface area contributed by atoms with Crippen LogP contribution in [0.5, 0.6) is 0 Å². The maximum atomic E-state index is 11.8. The Labute approximate surface area is 116 Å². The van der Waals surface area contributed by atoms with Gasteiger partial charge in [0.1, 0.15) is 19.2 Å². The minimum atomic E-state index is -1.54. The van der Waals surface area contributed by atoms with Gasteiger partial charge in [-0.15, -0.1) is 0 Å². The molecule has 0 radical (unpaired) electrons. The van der Waals surface area contributed by atoms with Crippen molar-refractivity contribution in [1.29, 1.82) is 0 Å². The Morgan fingerprint density at radius 3 is 2.40 bits per heavy atom. The van der Waals surface area contributed by atoms with Crippen molar-refractivity contribution in [1.82, 2.24) is 0 Å². The summed E-state index contributed by atoms with van der Waals surface area (Å²) >= 11 is 0. The van der Waals surface area contributed by atoms with Gasteiger partial charge >= 0.3 is 12.1 Å². The van der Waals surface area contributed by atoms with E-state index in [1.54, 1.807) is 24.3 Å². The molecule has 1 aliphatic heterocycles. The Hall–Kier alpha value is -1.92. The summed E-state index contributed by atoms with van der Waals surface area (Å²) in [6.45, 7) is 1.33. The van der Waals surface area contributed by atoms with Crippen molar-refractivity contribution in [2.45, 2.75) is 31.5 Å². The monoisotopic (exact) mass is 280 g/mol. The molecule has 0 bridgehead atoms. The largest absolute Gasteiger partial charge is 0.514 e. The summed E-state index contributed by atoms with van der Waals surface area (Å²) in [4.78, 5) is 23.4. The van der Waals surface area contributed by atoms with Crippen molar-refractivity contribution in [3.8, 4) is 0 Å². The van der Waals surface area contributed by atoms with E-state index in [9.17, 15) is 24.9 Å². The van der Waals surface area contributed by atoms with Crippen molar-refractivity contribution in [2.75, 3.05) is 6.54 Å². The molecular weight excluding hydrogens is 262 g/mol.